The molecule has 1 spiro atoms. The predicted octanol–water partition coefficient (Wildman–Crippen LogP) is 4.16. The van der Waals surface area contributed by atoms with Crippen molar-refractivity contribution in [3.63, 3.8) is 0 Å². The molecule has 2 saturated heterocycles. The summed E-state index contributed by atoms with van der Waals surface area (Å²) in [6, 6.07) is 8.82. The lowest BCUT2D eigenvalue weighted by molar-refractivity contribution is -0.135. The number of carbonyl (C=O) groups excluding carboxylic acids is 1. The second-order valence-electron chi connectivity index (χ2n) is 8.84. The van der Waals surface area contributed by atoms with E-state index in [1.165, 1.54) is 36.9 Å². The van der Waals surface area contributed by atoms with Crippen LogP contribution in [0, 0.1) is 12.8 Å². The van der Waals surface area contributed by atoms with Gasteiger partial charge in [-0.15, -0.1) is 0 Å². The van der Waals surface area contributed by atoms with E-state index in [4.69, 9.17) is 4.74 Å². The fraction of sp³-hybridized carbons (Fsp3) is 0.696. The maximum Gasteiger partial charge on any atom is 0.222 e. The van der Waals surface area contributed by atoms with Gasteiger partial charge in [-0.3, -0.25) is 4.79 Å². The fourth-order valence-corrected chi connectivity index (χ4v) is 5.48. The van der Waals surface area contributed by atoms with Gasteiger partial charge < -0.3 is 14.5 Å². The quantitative estimate of drug-likeness (QED) is 0.780. The number of rotatable bonds is 5. The van der Waals surface area contributed by atoms with E-state index in [0.717, 1.165) is 51.2 Å². The number of nitrogens with zero attached hydrogens (tertiary/aromatic N) is 2. The summed E-state index contributed by atoms with van der Waals surface area (Å²) in [4.78, 5) is 17.3. The number of aryl methyl sites for hydroxylation is 1. The Morgan fingerprint density at radius 1 is 1.15 bits per heavy atom. The summed E-state index contributed by atoms with van der Waals surface area (Å²) in [6.45, 7) is 4.82. The van der Waals surface area contributed by atoms with Crippen molar-refractivity contribution in [1.82, 2.24) is 4.90 Å². The molecule has 0 N–H and O–H groups in total. The molecule has 27 heavy (non-hydrogen) atoms. The third-order valence-corrected chi connectivity index (χ3v) is 7.34. The molecule has 4 heteroatoms. The van der Waals surface area contributed by atoms with Crippen LogP contribution in [-0.4, -0.2) is 49.2 Å². The molecule has 4 nitrogen and oxygen atoms in total. The van der Waals surface area contributed by atoms with Gasteiger partial charge >= 0.3 is 0 Å². The second-order valence-corrected chi connectivity index (χ2v) is 8.84. The van der Waals surface area contributed by atoms with Crippen molar-refractivity contribution >= 4 is 11.6 Å². The molecule has 1 aliphatic carbocycles. The lowest BCUT2D eigenvalue weighted by Gasteiger charge is -2.61. The molecule has 4 rings (SSSR count). The maximum atomic E-state index is 12.7. The van der Waals surface area contributed by atoms with E-state index in [1.807, 2.05) is 7.11 Å². The lowest BCUT2D eigenvalue weighted by Crippen LogP contribution is -2.74. The molecule has 0 bridgehead atoms. The number of piperidine rings is 1. The molecular formula is C23H34N2O2. The lowest BCUT2D eigenvalue weighted by atomic mass is 9.73. The molecule has 148 valence electrons. The number of methoxy groups -OCH3 is 1. The minimum atomic E-state index is 0.0617. The first-order chi connectivity index (χ1) is 13.1. The van der Waals surface area contributed by atoms with Crippen LogP contribution in [0.25, 0.3) is 0 Å². The Bertz CT molecular complexity index is 643. The van der Waals surface area contributed by atoms with Crippen LogP contribution in [0.5, 0.6) is 0 Å². The first-order valence-electron chi connectivity index (χ1n) is 10.8. The van der Waals surface area contributed by atoms with Gasteiger partial charge in [0.25, 0.3) is 0 Å². The summed E-state index contributed by atoms with van der Waals surface area (Å²) in [7, 11) is 1.83. The normalized spacial score (nSPS) is 25.0. The zero-order valence-corrected chi connectivity index (χ0v) is 17.0. The summed E-state index contributed by atoms with van der Waals surface area (Å²) < 4.78 is 5.82. The summed E-state index contributed by atoms with van der Waals surface area (Å²) in [6.07, 6.45) is 9.51. The highest BCUT2D eigenvalue weighted by Crippen LogP contribution is 2.44. The Kier molecular flexibility index (Phi) is 5.45. The molecule has 3 aliphatic rings. The molecule has 2 heterocycles. The first kappa shape index (κ1) is 18.8. The van der Waals surface area contributed by atoms with E-state index in [2.05, 4.69) is 41.0 Å². The zero-order chi connectivity index (χ0) is 18.9. The van der Waals surface area contributed by atoms with Gasteiger partial charge in [-0.1, -0.05) is 43.4 Å². The molecule has 1 atom stereocenters. The number of benzene rings is 1. The Balaban J connectivity index is 1.36. The van der Waals surface area contributed by atoms with Crippen molar-refractivity contribution < 1.29 is 9.53 Å². The Labute approximate surface area is 163 Å². The standard InChI is InChI=1S/C23H34N2O2/c1-18-7-10-20(11-8-18)25-17-21(27-2)23(25)13-15-24(16-14-23)22(26)12-9-19-5-3-4-6-19/h7-8,10-11,19,21H,3-6,9,12-17H2,1-2H3. The van der Waals surface area contributed by atoms with Crippen LogP contribution in [0.15, 0.2) is 24.3 Å². The smallest absolute Gasteiger partial charge is 0.222 e. The average molecular weight is 371 g/mol. The average Bonchev–Trinajstić information content (AvgIpc) is 3.21. The first-order valence-corrected chi connectivity index (χ1v) is 10.8. The molecule has 1 aromatic rings. The minimum absolute atomic E-state index is 0.0617. The van der Waals surface area contributed by atoms with Gasteiger partial charge in [-0.25, -0.2) is 0 Å². The van der Waals surface area contributed by atoms with E-state index in [-0.39, 0.29) is 11.6 Å². The Morgan fingerprint density at radius 2 is 1.81 bits per heavy atom. The number of hydrogen-bond acceptors (Lipinski definition) is 3. The van der Waals surface area contributed by atoms with E-state index < -0.39 is 0 Å². The van der Waals surface area contributed by atoms with Crippen LogP contribution in [0.1, 0.15) is 56.9 Å². The van der Waals surface area contributed by atoms with Crippen LogP contribution in [0.4, 0.5) is 5.69 Å². The van der Waals surface area contributed by atoms with E-state index >= 15 is 0 Å². The molecule has 0 aromatic heterocycles. The van der Waals surface area contributed by atoms with Gasteiger partial charge in [0.15, 0.2) is 0 Å². The number of likely N-dealkylation sites (tertiary alicyclic amines) is 1. The third-order valence-electron chi connectivity index (χ3n) is 7.34. The van der Waals surface area contributed by atoms with Crippen molar-refractivity contribution in [3.05, 3.63) is 29.8 Å². The van der Waals surface area contributed by atoms with Gasteiger partial charge in [0.2, 0.25) is 5.91 Å². The van der Waals surface area contributed by atoms with Crippen molar-refractivity contribution in [2.45, 2.75) is 69.9 Å². The van der Waals surface area contributed by atoms with Crippen molar-refractivity contribution in [1.29, 1.82) is 0 Å². The van der Waals surface area contributed by atoms with Gasteiger partial charge in [-0.2, -0.15) is 0 Å². The van der Waals surface area contributed by atoms with Gasteiger partial charge in [0.05, 0.1) is 11.6 Å². The number of hydrogen-bond donors (Lipinski definition) is 0. The molecular weight excluding hydrogens is 336 g/mol. The SMILES string of the molecule is COC1CN(c2ccc(C)cc2)C12CCN(C(=O)CCC1CCCC1)CC2. The van der Waals surface area contributed by atoms with Crippen LogP contribution in [0.2, 0.25) is 0 Å². The molecule has 1 unspecified atom stereocenters. The van der Waals surface area contributed by atoms with Gasteiger partial charge in [0.1, 0.15) is 0 Å². The summed E-state index contributed by atoms with van der Waals surface area (Å²) >= 11 is 0. The second kappa shape index (κ2) is 7.83. The summed E-state index contributed by atoms with van der Waals surface area (Å²) in [5, 5.41) is 0. The molecule has 3 fully saturated rings. The highest BCUT2D eigenvalue weighted by atomic mass is 16.5. The van der Waals surface area contributed by atoms with Crippen molar-refractivity contribution in [2.75, 3.05) is 31.6 Å². The Morgan fingerprint density at radius 3 is 2.44 bits per heavy atom. The zero-order valence-electron chi connectivity index (χ0n) is 17.0. The Hall–Kier alpha value is -1.55. The van der Waals surface area contributed by atoms with Gasteiger partial charge in [0, 0.05) is 38.9 Å². The number of carbonyl (C=O) groups is 1. The van der Waals surface area contributed by atoms with Crippen LogP contribution in [-0.2, 0) is 9.53 Å². The highest BCUT2D eigenvalue weighted by molar-refractivity contribution is 5.76. The van der Waals surface area contributed by atoms with Crippen LogP contribution >= 0.6 is 0 Å². The molecule has 2 aliphatic heterocycles. The molecule has 1 amide bonds. The van der Waals surface area contributed by atoms with E-state index in [1.54, 1.807) is 0 Å². The molecule has 1 aromatic carbocycles. The number of anilines is 1. The highest BCUT2D eigenvalue weighted by Gasteiger charge is 2.55. The monoisotopic (exact) mass is 370 g/mol. The van der Waals surface area contributed by atoms with E-state index in [0.29, 0.717) is 5.91 Å². The summed E-state index contributed by atoms with van der Waals surface area (Å²) in [5.41, 5.74) is 2.64. The van der Waals surface area contributed by atoms with Crippen molar-refractivity contribution in [2.24, 2.45) is 5.92 Å². The van der Waals surface area contributed by atoms with E-state index in [9.17, 15) is 4.79 Å². The van der Waals surface area contributed by atoms with Crippen LogP contribution in [0.3, 0.4) is 0 Å². The number of amides is 1. The summed E-state index contributed by atoms with van der Waals surface area (Å²) in [5.74, 6) is 1.17. The largest absolute Gasteiger partial charge is 0.377 e. The van der Waals surface area contributed by atoms with Crippen LogP contribution < -0.4 is 4.90 Å². The molecule has 1 saturated carbocycles. The van der Waals surface area contributed by atoms with Gasteiger partial charge in [-0.05, 0) is 44.2 Å². The fourth-order valence-electron chi connectivity index (χ4n) is 5.48. The minimum Gasteiger partial charge on any atom is -0.377 e. The molecule has 0 radical (unpaired) electrons. The topological polar surface area (TPSA) is 32.8 Å². The van der Waals surface area contributed by atoms with Crippen molar-refractivity contribution in [3.8, 4) is 0 Å². The number of ether oxygens (including phenoxy) is 1. The third kappa shape index (κ3) is 3.61. The predicted molar refractivity (Wildman–Crippen MR) is 109 cm³/mol. The maximum absolute atomic E-state index is 12.7.